The van der Waals surface area contributed by atoms with E-state index < -0.39 is 45.3 Å². The molecule has 1 unspecified atom stereocenters. The second-order valence-electron chi connectivity index (χ2n) is 4.39. The topological polar surface area (TPSA) is 26.0 Å². The molecule has 1 fully saturated rings. The largest absolute Gasteiger partial charge is 0.327 e. The first-order valence-electron chi connectivity index (χ1n) is 5.10. The van der Waals surface area contributed by atoms with Gasteiger partial charge in [-0.15, -0.1) is 0 Å². The van der Waals surface area contributed by atoms with Crippen LogP contribution in [-0.2, 0) is 5.41 Å². The summed E-state index contributed by atoms with van der Waals surface area (Å²) in [5, 5.41) is -1.16. The summed E-state index contributed by atoms with van der Waals surface area (Å²) in [4.78, 5) is 0. The molecule has 1 aromatic rings. The standard InChI is InChI=1S/C11H10ClF4N/c1-4(17)11(2-3-11)5-7(13)9(15)6(12)10(16)8(5)14/h4H,2-3,17H2,1H3. The smallest absolute Gasteiger partial charge is 0.180 e. The van der Waals surface area contributed by atoms with Crippen molar-refractivity contribution in [2.24, 2.45) is 5.73 Å². The Hall–Kier alpha value is -0.810. The number of halogens is 5. The lowest BCUT2D eigenvalue weighted by atomic mass is 9.88. The van der Waals surface area contributed by atoms with Gasteiger partial charge in [0.15, 0.2) is 23.3 Å². The summed E-state index contributed by atoms with van der Waals surface area (Å²) in [7, 11) is 0. The summed E-state index contributed by atoms with van der Waals surface area (Å²) >= 11 is 5.15. The van der Waals surface area contributed by atoms with Crippen molar-refractivity contribution in [1.82, 2.24) is 0 Å². The Morgan fingerprint density at radius 2 is 1.47 bits per heavy atom. The van der Waals surface area contributed by atoms with Crippen molar-refractivity contribution in [3.8, 4) is 0 Å². The molecule has 0 bridgehead atoms. The van der Waals surface area contributed by atoms with Crippen LogP contribution >= 0.6 is 11.6 Å². The molecule has 1 aromatic carbocycles. The average Bonchev–Trinajstić information content (AvgIpc) is 3.05. The minimum absolute atomic E-state index is 0.402. The maximum atomic E-state index is 13.7. The van der Waals surface area contributed by atoms with Gasteiger partial charge < -0.3 is 5.73 Å². The van der Waals surface area contributed by atoms with Gasteiger partial charge >= 0.3 is 0 Å². The molecule has 0 radical (unpaired) electrons. The molecule has 0 aromatic heterocycles. The van der Waals surface area contributed by atoms with Gasteiger partial charge in [0.05, 0.1) is 0 Å². The van der Waals surface area contributed by atoms with E-state index in [1.807, 2.05) is 0 Å². The fourth-order valence-electron chi connectivity index (χ4n) is 2.11. The van der Waals surface area contributed by atoms with Crippen LogP contribution in [0.3, 0.4) is 0 Å². The SMILES string of the molecule is CC(N)C1(c2c(F)c(F)c(Cl)c(F)c2F)CC1. The van der Waals surface area contributed by atoms with Crippen LogP contribution in [0.5, 0.6) is 0 Å². The molecular formula is C11H10ClF4N. The van der Waals surface area contributed by atoms with Gasteiger partial charge in [0.25, 0.3) is 0 Å². The van der Waals surface area contributed by atoms with Crippen molar-refractivity contribution < 1.29 is 17.6 Å². The zero-order chi connectivity index (χ0) is 13.0. The Labute approximate surface area is 101 Å². The van der Waals surface area contributed by atoms with E-state index in [-0.39, 0.29) is 0 Å². The minimum atomic E-state index is -1.56. The van der Waals surface area contributed by atoms with E-state index >= 15 is 0 Å². The third-order valence-electron chi connectivity index (χ3n) is 3.37. The molecule has 1 nitrogen and oxygen atoms in total. The van der Waals surface area contributed by atoms with Gasteiger partial charge in [0.1, 0.15) is 5.02 Å². The van der Waals surface area contributed by atoms with Gasteiger partial charge in [0, 0.05) is 17.0 Å². The van der Waals surface area contributed by atoms with Crippen molar-refractivity contribution in [2.45, 2.75) is 31.2 Å². The normalized spacial score (nSPS) is 19.2. The van der Waals surface area contributed by atoms with Gasteiger partial charge in [-0.2, -0.15) is 0 Å². The molecule has 1 aliphatic rings. The Morgan fingerprint density at radius 1 is 1.06 bits per heavy atom. The molecule has 2 N–H and O–H groups in total. The predicted molar refractivity (Wildman–Crippen MR) is 55.8 cm³/mol. The molecule has 6 heteroatoms. The molecule has 1 atom stereocenters. The van der Waals surface area contributed by atoms with Crippen LogP contribution in [0.2, 0.25) is 5.02 Å². The third-order valence-corrected chi connectivity index (χ3v) is 3.70. The van der Waals surface area contributed by atoms with Crippen molar-refractivity contribution in [3.63, 3.8) is 0 Å². The van der Waals surface area contributed by atoms with Crippen molar-refractivity contribution in [3.05, 3.63) is 33.9 Å². The molecule has 94 valence electrons. The van der Waals surface area contributed by atoms with Crippen LogP contribution in [0.25, 0.3) is 0 Å². The molecular weight excluding hydrogens is 258 g/mol. The minimum Gasteiger partial charge on any atom is -0.327 e. The molecule has 0 saturated heterocycles. The number of hydrogen-bond acceptors (Lipinski definition) is 1. The van der Waals surface area contributed by atoms with Crippen LogP contribution < -0.4 is 5.73 Å². The lowest BCUT2D eigenvalue weighted by Gasteiger charge is -2.22. The van der Waals surface area contributed by atoms with Gasteiger partial charge in [-0.1, -0.05) is 11.6 Å². The number of benzene rings is 1. The highest BCUT2D eigenvalue weighted by atomic mass is 35.5. The second-order valence-corrected chi connectivity index (χ2v) is 4.77. The van der Waals surface area contributed by atoms with Crippen molar-refractivity contribution >= 4 is 11.6 Å². The first-order chi connectivity index (χ1) is 7.83. The first-order valence-corrected chi connectivity index (χ1v) is 5.48. The summed E-state index contributed by atoms with van der Waals surface area (Å²) < 4.78 is 54.0. The highest BCUT2D eigenvalue weighted by molar-refractivity contribution is 6.30. The van der Waals surface area contributed by atoms with E-state index in [1.54, 1.807) is 6.92 Å². The molecule has 0 spiro atoms. The van der Waals surface area contributed by atoms with Gasteiger partial charge in [0.2, 0.25) is 0 Å². The molecule has 1 saturated carbocycles. The Bertz CT molecular complexity index is 454. The number of nitrogens with two attached hydrogens (primary N) is 1. The van der Waals surface area contributed by atoms with Crippen LogP contribution in [0, 0.1) is 23.3 Å². The molecule has 1 aliphatic carbocycles. The maximum absolute atomic E-state index is 13.7. The summed E-state index contributed by atoms with van der Waals surface area (Å²) in [5.41, 5.74) is 4.00. The zero-order valence-corrected chi connectivity index (χ0v) is 9.71. The zero-order valence-electron chi connectivity index (χ0n) is 8.96. The van der Waals surface area contributed by atoms with Crippen LogP contribution in [-0.4, -0.2) is 6.04 Å². The molecule has 0 heterocycles. The van der Waals surface area contributed by atoms with Gasteiger partial charge in [-0.05, 0) is 19.8 Å². The Balaban J connectivity index is 2.71. The summed E-state index contributed by atoms with van der Waals surface area (Å²) in [6, 6.07) is -0.591. The Kier molecular flexibility index (Phi) is 2.86. The van der Waals surface area contributed by atoms with E-state index in [4.69, 9.17) is 17.3 Å². The second kappa shape index (κ2) is 3.85. The molecule has 2 rings (SSSR count). The molecule has 0 aliphatic heterocycles. The molecule has 0 amide bonds. The predicted octanol–water partition coefficient (Wildman–Crippen LogP) is 3.28. The van der Waals surface area contributed by atoms with E-state index in [0.29, 0.717) is 12.8 Å². The summed E-state index contributed by atoms with van der Waals surface area (Å²) in [6.45, 7) is 1.55. The van der Waals surface area contributed by atoms with Gasteiger partial charge in [-0.3, -0.25) is 0 Å². The lowest BCUT2D eigenvalue weighted by Crippen LogP contribution is -2.34. The highest BCUT2D eigenvalue weighted by Crippen LogP contribution is 2.53. The molecule has 17 heavy (non-hydrogen) atoms. The van der Waals surface area contributed by atoms with Gasteiger partial charge in [-0.25, -0.2) is 17.6 Å². The van der Waals surface area contributed by atoms with Crippen LogP contribution in [0.15, 0.2) is 0 Å². The van der Waals surface area contributed by atoms with Crippen LogP contribution in [0.1, 0.15) is 25.3 Å². The fraction of sp³-hybridized carbons (Fsp3) is 0.455. The first kappa shape index (κ1) is 12.6. The highest BCUT2D eigenvalue weighted by Gasteiger charge is 2.52. The Morgan fingerprint density at radius 3 is 1.76 bits per heavy atom. The van der Waals surface area contributed by atoms with E-state index in [2.05, 4.69) is 0 Å². The van der Waals surface area contributed by atoms with E-state index in [1.165, 1.54) is 0 Å². The average molecular weight is 268 g/mol. The fourth-order valence-corrected chi connectivity index (χ4v) is 2.28. The number of hydrogen-bond donors (Lipinski definition) is 1. The number of rotatable bonds is 2. The van der Waals surface area contributed by atoms with Crippen molar-refractivity contribution in [2.75, 3.05) is 0 Å². The maximum Gasteiger partial charge on any atom is 0.180 e. The van der Waals surface area contributed by atoms with Crippen LogP contribution in [0.4, 0.5) is 17.6 Å². The lowest BCUT2D eigenvalue weighted by molar-refractivity contribution is 0.407. The monoisotopic (exact) mass is 267 g/mol. The summed E-state index contributed by atoms with van der Waals surface area (Å²) in [5.74, 6) is -6.01. The quantitative estimate of drug-likeness (QED) is 0.497. The summed E-state index contributed by atoms with van der Waals surface area (Å²) in [6.07, 6.45) is 0.804. The van der Waals surface area contributed by atoms with E-state index in [9.17, 15) is 17.6 Å². The van der Waals surface area contributed by atoms with Crippen molar-refractivity contribution in [1.29, 1.82) is 0 Å². The third kappa shape index (κ3) is 1.64. The van der Waals surface area contributed by atoms with E-state index in [0.717, 1.165) is 0 Å².